The number of carbonyl (C=O) groups is 1. The van der Waals surface area contributed by atoms with E-state index in [1.165, 1.54) is 24.3 Å². The van der Waals surface area contributed by atoms with Crippen LogP contribution >= 0.6 is 0 Å². The van der Waals surface area contributed by atoms with E-state index in [4.69, 9.17) is 5.11 Å². The molecule has 2 atom stereocenters. The van der Waals surface area contributed by atoms with Crippen LogP contribution in [-0.2, 0) is 10.2 Å². The number of ether oxygens (including phenoxy) is 1. The third kappa shape index (κ3) is 2.42. The van der Waals surface area contributed by atoms with Gasteiger partial charge in [-0.25, -0.2) is 0 Å². The molecular weight excluding hydrogens is 249 g/mol. The molecule has 0 heterocycles. The Morgan fingerprint density at radius 1 is 1.39 bits per heavy atom. The van der Waals surface area contributed by atoms with Crippen molar-refractivity contribution in [2.75, 3.05) is 0 Å². The lowest BCUT2D eigenvalue weighted by atomic mass is 9.95. The molecule has 0 spiro atoms. The third-order valence-electron chi connectivity index (χ3n) is 3.28. The summed E-state index contributed by atoms with van der Waals surface area (Å²) >= 11 is 0. The molecule has 1 fully saturated rings. The van der Waals surface area contributed by atoms with Gasteiger partial charge >= 0.3 is 12.3 Å². The zero-order valence-electron chi connectivity index (χ0n) is 9.49. The van der Waals surface area contributed by atoms with Crippen molar-refractivity contribution in [3.63, 3.8) is 0 Å². The number of alkyl halides is 3. The van der Waals surface area contributed by atoms with Gasteiger partial charge in [0.2, 0.25) is 0 Å². The van der Waals surface area contributed by atoms with Crippen molar-refractivity contribution in [1.29, 1.82) is 0 Å². The van der Waals surface area contributed by atoms with E-state index >= 15 is 0 Å². The van der Waals surface area contributed by atoms with Crippen molar-refractivity contribution >= 4 is 5.97 Å². The fraction of sp³-hybridized carbons (Fsp3) is 0.417. The van der Waals surface area contributed by atoms with Crippen molar-refractivity contribution in [2.24, 2.45) is 5.92 Å². The van der Waals surface area contributed by atoms with Gasteiger partial charge in [0.1, 0.15) is 5.75 Å². The molecular formula is C12H11F3O3. The van der Waals surface area contributed by atoms with Crippen LogP contribution in [0.25, 0.3) is 0 Å². The van der Waals surface area contributed by atoms with E-state index in [-0.39, 0.29) is 5.75 Å². The van der Waals surface area contributed by atoms with Crippen molar-refractivity contribution in [3.8, 4) is 5.75 Å². The monoisotopic (exact) mass is 260 g/mol. The molecule has 0 aliphatic heterocycles. The fourth-order valence-corrected chi connectivity index (χ4v) is 2.08. The van der Waals surface area contributed by atoms with Crippen molar-refractivity contribution in [1.82, 2.24) is 0 Å². The predicted octanol–water partition coefficient (Wildman–Crippen LogP) is 2.95. The molecule has 3 nitrogen and oxygen atoms in total. The second kappa shape index (κ2) is 3.90. The number of hydrogen-bond acceptors (Lipinski definition) is 2. The average molecular weight is 260 g/mol. The molecule has 1 aliphatic rings. The number of halogens is 3. The first-order valence-corrected chi connectivity index (χ1v) is 5.31. The first-order valence-electron chi connectivity index (χ1n) is 5.31. The minimum Gasteiger partial charge on any atom is -0.481 e. The summed E-state index contributed by atoms with van der Waals surface area (Å²) in [5.41, 5.74) is 0.229. The molecule has 98 valence electrons. The molecule has 1 saturated carbocycles. The number of carboxylic acid groups (broad SMARTS) is 1. The van der Waals surface area contributed by atoms with E-state index in [0.29, 0.717) is 12.0 Å². The van der Waals surface area contributed by atoms with Crippen LogP contribution in [0.3, 0.4) is 0 Å². The summed E-state index contributed by atoms with van der Waals surface area (Å²) in [7, 11) is 0. The summed E-state index contributed by atoms with van der Waals surface area (Å²) < 4.78 is 39.6. The first-order chi connectivity index (χ1) is 8.22. The van der Waals surface area contributed by atoms with Gasteiger partial charge in [-0.1, -0.05) is 19.1 Å². The Morgan fingerprint density at radius 3 is 2.33 bits per heavy atom. The first kappa shape index (κ1) is 12.7. The molecule has 2 rings (SSSR count). The second-order valence-electron chi connectivity index (χ2n) is 4.58. The van der Waals surface area contributed by atoms with Crippen molar-refractivity contribution in [2.45, 2.75) is 25.1 Å². The van der Waals surface area contributed by atoms with E-state index in [2.05, 4.69) is 4.74 Å². The van der Waals surface area contributed by atoms with Gasteiger partial charge in [-0.2, -0.15) is 0 Å². The molecule has 0 radical (unpaired) electrons. The van der Waals surface area contributed by atoms with E-state index < -0.39 is 23.7 Å². The maximum atomic E-state index is 12.0. The van der Waals surface area contributed by atoms with Crippen molar-refractivity contribution < 1.29 is 27.8 Å². The lowest BCUT2D eigenvalue weighted by Crippen LogP contribution is -2.17. The largest absolute Gasteiger partial charge is 0.573 e. The van der Waals surface area contributed by atoms with Crippen LogP contribution in [0.4, 0.5) is 13.2 Å². The van der Waals surface area contributed by atoms with Gasteiger partial charge < -0.3 is 9.84 Å². The van der Waals surface area contributed by atoms with E-state index in [1.54, 1.807) is 6.92 Å². The van der Waals surface area contributed by atoms with Gasteiger partial charge in [-0.05, 0) is 24.1 Å². The summed E-state index contributed by atoms with van der Waals surface area (Å²) in [6, 6.07) is 5.35. The number of hydrogen-bond donors (Lipinski definition) is 1. The quantitative estimate of drug-likeness (QED) is 0.908. The van der Waals surface area contributed by atoms with Crippen LogP contribution in [0, 0.1) is 5.92 Å². The summed E-state index contributed by atoms with van der Waals surface area (Å²) in [6.45, 7) is 1.78. The number of benzene rings is 1. The lowest BCUT2D eigenvalue weighted by molar-refractivity contribution is -0.274. The summed E-state index contributed by atoms with van der Waals surface area (Å²) in [5, 5.41) is 8.88. The Balaban J connectivity index is 2.12. The van der Waals surface area contributed by atoms with Crippen LogP contribution in [0.5, 0.6) is 5.75 Å². The molecule has 18 heavy (non-hydrogen) atoms. The maximum Gasteiger partial charge on any atom is 0.573 e. The zero-order chi connectivity index (χ0) is 13.6. The van der Waals surface area contributed by atoms with Crippen LogP contribution in [0.2, 0.25) is 0 Å². The summed E-state index contributed by atoms with van der Waals surface area (Å²) in [5.74, 6) is -1.65. The highest BCUT2D eigenvalue weighted by Crippen LogP contribution is 2.54. The number of rotatable bonds is 3. The summed E-state index contributed by atoms with van der Waals surface area (Å²) in [4.78, 5) is 10.8. The van der Waals surface area contributed by atoms with Gasteiger partial charge in [-0.15, -0.1) is 13.2 Å². The molecule has 0 aromatic heterocycles. The molecule has 0 amide bonds. The standard InChI is InChI=1S/C12H11F3O3/c1-11(6-9(11)10(16)17)7-2-4-8(5-3-7)18-12(13,14)15/h2-5,9H,6H2,1H3,(H,16,17). The smallest absolute Gasteiger partial charge is 0.481 e. The topological polar surface area (TPSA) is 46.5 Å². The minimum absolute atomic E-state index is 0.303. The molecule has 1 aromatic carbocycles. The van der Waals surface area contributed by atoms with Gasteiger partial charge in [-0.3, -0.25) is 4.79 Å². The lowest BCUT2D eigenvalue weighted by Gasteiger charge is -2.12. The fourth-order valence-electron chi connectivity index (χ4n) is 2.08. The molecule has 1 aliphatic carbocycles. The highest BCUT2D eigenvalue weighted by Gasteiger charge is 2.55. The molecule has 2 unspecified atom stereocenters. The Morgan fingerprint density at radius 2 is 1.94 bits per heavy atom. The average Bonchev–Trinajstić information content (AvgIpc) is 2.91. The second-order valence-corrected chi connectivity index (χ2v) is 4.58. The Hall–Kier alpha value is -1.72. The normalized spacial score (nSPS) is 26.8. The highest BCUT2D eigenvalue weighted by molar-refractivity contribution is 5.77. The highest BCUT2D eigenvalue weighted by atomic mass is 19.4. The summed E-state index contributed by atoms with van der Waals surface area (Å²) in [6.07, 6.45) is -4.21. The SMILES string of the molecule is CC1(c2ccc(OC(F)(F)F)cc2)CC1C(=O)O. The zero-order valence-corrected chi connectivity index (χ0v) is 9.49. The third-order valence-corrected chi connectivity index (χ3v) is 3.28. The van der Waals surface area contributed by atoms with E-state index in [1.807, 2.05) is 0 Å². The minimum atomic E-state index is -4.71. The van der Waals surface area contributed by atoms with Gasteiger partial charge in [0.05, 0.1) is 5.92 Å². The molecule has 0 bridgehead atoms. The van der Waals surface area contributed by atoms with Crippen LogP contribution < -0.4 is 4.74 Å². The Labute approximate surface area is 101 Å². The van der Waals surface area contributed by atoms with E-state index in [0.717, 1.165) is 0 Å². The van der Waals surface area contributed by atoms with Gasteiger partial charge in [0.25, 0.3) is 0 Å². The van der Waals surface area contributed by atoms with Crippen LogP contribution in [-0.4, -0.2) is 17.4 Å². The van der Waals surface area contributed by atoms with Gasteiger partial charge in [0, 0.05) is 5.41 Å². The Kier molecular flexibility index (Phi) is 2.76. The number of aliphatic carboxylic acids is 1. The molecule has 1 N–H and O–H groups in total. The van der Waals surface area contributed by atoms with Crippen molar-refractivity contribution in [3.05, 3.63) is 29.8 Å². The molecule has 1 aromatic rings. The Bertz CT molecular complexity index is 466. The van der Waals surface area contributed by atoms with Gasteiger partial charge in [0.15, 0.2) is 0 Å². The predicted molar refractivity (Wildman–Crippen MR) is 56.2 cm³/mol. The van der Waals surface area contributed by atoms with Crippen LogP contribution in [0.15, 0.2) is 24.3 Å². The number of carboxylic acids is 1. The molecule has 0 saturated heterocycles. The van der Waals surface area contributed by atoms with Crippen LogP contribution in [0.1, 0.15) is 18.9 Å². The molecule has 6 heteroatoms. The maximum absolute atomic E-state index is 12.0. The van der Waals surface area contributed by atoms with E-state index in [9.17, 15) is 18.0 Å².